The van der Waals surface area contributed by atoms with Crippen LogP contribution in [-0.2, 0) is 17.6 Å². The summed E-state index contributed by atoms with van der Waals surface area (Å²) >= 11 is 0. The van der Waals surface area contributed by atoms with Crippen LogP contribution in [0.3, 0.4) is 0 Å². The summed E-state index contributed by atoms with van der Waals surface area (Å²) in [6.45, 7) is 8.11. The Morgan fingerprint density at radius 3 is 2.68 bits per heavy atom. The molecule has 3 aliphatic rings. The summed E-state index contributed by atoms with van der Waals surface area (Å²) in [5.41, 5.74) is 3.71. The third kappa shape index (κ3) is 3.61. The van der Waals surface area contributed by atoms with E-state index in [9.17, 15) is 4.79 Å². The number of amides is 1. The average molecular weight is 342 g/mol. The van der Waals surface area contributed by atoms with E-state index in [1.54, 1.807) is 0 Å². The minimum absolute atomic E-state index is 0.228. The van der Waals surface area contributed by atoms with Crippen molar-refractivity contribution in [1.29, 1.82) is 0 Å². The maximum Gasteiger partial charge on any atom is 0.254 e. The van der Waals surface area contributed by atoms with Gasteiger partial charge < -0.3 is 9.64 Å². The van der Waals surface area contributed by atoms with Crippen molar-refractivity contribution < 1.29 is 9.53 Å². The number of benzene rings is 1. The molecule has 1 aromatic carbocycles. The summed E-state index contributed by atoms with van der Waals surface area (Å²) < 4.78 is 5.84. The molecule has 3 atom stereocenters. The number of nitrogens with zero attached hydrogens (tertiary/aromatic N) is 2. The van der Waals surface area contributed by atoms with Crippen molar-refractivity contribution in [2.24, 2.45) is 0 Å². The van der Waals surface area contributed by atoms with Crippen molar-refractivity contribution in [3.63, 3.8) is 0 Å². The van der Waals surface area contributed by atoms with E-state index in [0.29, 0.717) is 6.04 Å². The first-order valence-corrected chi connectivity index (χ1v) is 9.91. The topological polar surface area (TPSA) is 32.8 Å². The lowest BCUT2D eigenvalue weighted by atomic mass is 10.0. The van der Waals surface area contributed by atoms with Crippen LogP contribution in [0.2, 0.25) is 0 Å². The summed E-state index contributed by atoms with van der Waals surface area (Å²) in [5.74, 6) is 0.228. The lowest BCUT2D eigenvalue weighted by Crippen LogP contribution is -2.50. The second kappa shape index (κ2) is 7.08. The molecule has 0 aromatic heterocycles. The van der Waals surface area contributed by atoms with E-state index in [2.05, 4.69) is 35.8 Å². The summed E-state index contributed by atoms with van der Waals surface area (Å²) in [6.07, 6.45) is 6.34. The predicted molar refractivity (Wildman–Crippen MR) is 99.0 cm³/mol. The Bertz CT molecular complexity index is 635. The highest BCUT2D eigenvalue weighted by Crippen LogP contribution is 2.26. The van der Waals surface area contributed by atoms with Crippen molar-refractivity contribution in [2.45, 2.75) is 64.2 Å². The molecule has 0 unspecified atom stereocenters. The number of hydrogen-bond acceptors (Lipinski definition) is 3. The lowest BCUT2D eigenvalue weighted by molar-refractivity contribution is -0.0715. The zero-order valence-corrected chi connectivity index (χ0v) is 15.5. The molecular formula is C21H30N2O2. The van der Waals surface area contributed by atoms with E-state index in [0.717, 1.165) is 51.0 Å². The Labute approximate surface area is 151 Å². The quantitative estimate of drug-likeness (QED) is 0.847. The number of morpholine rings is 1. The molecule has 25 heavy (non-hydrogen) atoms. The minimum Gasteiger partial charge on any atom is -0.373 e. The number of carbonyl (C=O) groups excluding carboxylic acids is 1. The Balaban J connectivity index is 1.45. The Morgan fingerprint density at radius 2 is 1.88 bits per heavy atom. The summed E-state index contributed by atoms with van der Waals surface area (Å²) in [5, 5.41) is 0. The van der Waals surface area contributed by atoms with E-state index in [4.69, 9.17) is 4.74 Å². The fourth-order valence-electron chi connectivity index (χ4n) is 4.90. The highest BCUT2D eigenvalue weighted by Gasteiger charge is 2.33. The molecule has 0 radical (unpaired) electrons. The smallest absolute Gasteiger partial charge is 0.254 e. The van der Waals surface area contributed by atoms with Gasteiger partial charge in [-0.05, 0) is 69.2 Å². The molecule has 0 N–H and O–H groups in total. The number of aryl methyl sites for hydroxylation is 2. The molecule has 0 spiro atoms. The van der Waals surface area contributed by atoms with Crippen molar-refractivity contribution in [2.75, 3.05) is 26.2 Å². The number of carbonyl (C=O) groups is 1. The van der Waals surface area contributed by atoms with Crippen LogP contribution < -0.4 is 0 Å². The SMILES string of the molecule is C[C@@H]1CN(C[C@@H]2CCCN2C(=O)c2ccc3c(c2)CCC3)C[C@H](C)O1. The number of likely N-dealkylation sites (tertiary alicyclic amines) is 1. The van der Waals surface area contributed by atoms with Gasteiger partial charge in [0.15, 0.2) is 0 Å². The molecule has 2 fully saturated rings. The van der Waals surface area contributed by atoms with Gasteiger partial charge in [-0.15, -0.1) is 0 Å². The van der Waals surface area contributed by atoms with Crippen LogP contribution in [-0.4, -0.2) is 60.1 Å². The molecule has 2 saturated heterocycles. The Kier molecular flexibility index (Phi) is 4.83. The molecular weight excluding hydrogens is 312 g/mol. The van der Waals surface area contributed by atoms with E-state index < -0.39 is 0 Å². The monoisotopic (exact) mass is 342 g/mol. The average Bonchev–Trinajstić information content (AvgIpc) is 3.21. The number of rotatable bonds is 3. The standard InChI is InChI=1S/C21H30N2O2/c1-15-12-22(13-16(2)25-15)14-20-7-4-10-23(20)21(24)19-9-8-17-5-3-6-18(17)11-19/h8-9,11,15-16,20H,3-7,10,12-14H2,1-2H3/t15-,16+,20-/m0/s1. The van der Waals surface area contributed by atoms with Crippen molar-refractivity contribution in [3.8, 4) is 0 Å². The first-order chi connectivity index (χ1) is 12.1. The van der Waals surface area contributed by atoms with Gasteiger partial charge in [-0.25, -0.2) is 0 Å². The van der Waals surface area contributed by atoms with Gasteiger partial charge in [0, 0.05) is 37.8 Å². The molecule has 0 saturated carbocycles. The summed E-state index contributed by atoms with van der Waals surface area (Å²) in [6, 6.07) is 6.71. The van der Waals surface area contributed by atoms with Crippen molar-refractivity contribution >= 4 is 5.91 Å². The van der Waals surface area contributed by atoms with Crippen LogP contribution in [0.15, 0.2) is 18.2 Å². The molecule has 4 rings (SSSR count). The van der Waals surface area contributed by atoms with E-state index in [1.807, 2.05) is 6.07 Å². The minimum atomic E-state index is 0.228. The fourth-order valence-corrected chi connectivity index (χ4v) is 4.90. The number of fused-ring (bicyclic) bond motifs is 1. The molecule has 136 valence electrons. The molecule has 2 heterocycles. The van der Waals surface area contributed by atoms with Crippen LogP contribution in [0.1, 0.15) is 54.6 Å². The third-order valence-electron chi connectivity index (χ3n) is 5.95. The van der Waals surface area contributed by atoms with Crippen LogP contribution in [0.4, 0.5) is 0 Å². The van der Waals surface area contributed by atoms with Gasteiger partial charge >= 0.3 is 0 Å². The molecule has 1 aromatic rings. The normalized spacial score (nSPS) is 29.8. The van der Waals surface area contributed by atoms with E-state index in [1.165, 1.54) is 24.0 Å². The van der Waals surface area contributed by atoms with Gasteiger partial charge in [0.25, 0.3) is 5.91 Å². The van der Waals surface area contributed by atoms with Gasteiger partial charge in [0.1, 0.15) is 0 Å². The van der Waals surface area contributed by atoms with Crippen LogP contribution in [0.5, 0.6) is 0 Å². The molecule has 4 nitrogen and oxygen atoms in total. The second-order valence-corrected chi connectivity index (χ2v) is 8.11. The number of hydrogen-bond donors (Lipinski definition) is 0. The predicted octanol–water partition coefficient (Wildman–Crippen LogP) is 2.89. The number of ether oxygens (including phenoxy) is 1. The van der Waals surface area contributed by atoms with Gasteiger partial charge in [-0.1, -0.05) is 6.07 Å². The Hall–Kier alpha value is -1.39. The third-order valence-corrected chi connectivity index (χ3v) is 5.95. The van der Waals surface area contributed by atoms with Crippen molar-refractivity contribution in [3.05, 3.63) is 34.9 Å². The van der Waals surface area contributed by atoms with Crippen LogP contribution >= 0.6 is 0 Å². The lowest BCUT2D eigenvalue weighted by Gasteiger charge is -2.38. The highest BCUT2D eigenvalue weighted by atomic mass is 16.5. The van der Waals surface area contributed by atoms with Crippen LogP contribution in [0, 0.1) is 0 Å². The second-order valence-electron chi connectivity index (χ2n) is 8.11. The van der Waals surface area contributed by atoms with Gasteiger partial charge in [0.05, 0.1) is 12.2 Å². The van der Waals surface area contributed by atoms with Gasteiger partial charge in [0.2, 0.25) is 0 Å². The maximum absolute atomic E-state index is 13.1. The molecule has 0 bridgehead atoms. The molecule has 2 aliphatic heterocycles. The highest BCUT2D eigenvalue weighted by molar-refractivity contribution is 5.95. The Morgan fingerprint density at radius 1 is 1.12 bits per heavy atom. The first kappa shape index (κ1) is 17.0. The van der Waals surface area contributed by atoms with Gasteiger partial charge in [-0.2, -0.15) is 0 Å². The largest absolute Gasteiger partial charge is 0.373 e. The van der Waals surface area contributed by atoms with Crippen molar-refractivity contribution in [1.82, 2.24) is 9.80 Å². The summed E-state index contributed by atoms with van der Waals surface area (Å²) in [4.78, 5) is 17.7. The van der Waals surface area contributed by atoms with E-state index in [-0.39, 0.29) is 18.1 Å². The molecule has 4 heteroatoms. The van der Waals surface area contributed by atoms with Gasteiger partial charge in [-0.3, -0.25) is 9.69 Å². The molecule has 1 amide bonds. The fraction of sp³-hybridized carbons (Fsp3) is 0.667. The summed E-state index contributed by atoms with van der Waals surface area (Å²) in [7, 11) is 0. The zero-order chi connectivity index (χ0) is 17.4. The first-order valence-electron chi connectivity index (χ1n) is 9.91. The zero-order valence-electron chi connectivity index (χ0n) is 15.5. The maximum atomic E-state index is 13.1. The van der Waals surface area contributed by atoms with E-state index >= 15 is 0 Å². The van der Waals surface area contributed by atoms with Crippen LogP contribution in [0.25, 0.3) is 0 Å². The molecule has 1 aliphatic carbocycles.